The van der Waals surface area contributed by atoms with Crippen molar-refractivity contribution in [2.24, 2.45) is 5.92 Å². The molecule has 2 heterocycles. The van der Waals surface area contributed by atoms with Gasteiger partial charge in [0.2, 0.25) is 11.8 Å². The number of amides is 3. The van der Waals surface area contributed by atoms with Crippen molar-refractivity contribution in [3.05, 3.63) is 24.3 Å². The SMILES string of the molecule is CC(C)N1CC(C(=O)OCC(=O)Nc2cccc(N3CCCC3=O)c2)CC1=O. The molecule has 2 saturated heterocycles. The van der Waals surface area contributed by atoms with Crippen LogP contribution in [0.2, 0.25) is 0 Å². The number of esters is 1. The van der Waals surface area contributed by atoms with Crippen molar-refractivity contribution in [3.63, 3.8) is 0 Å². The third-order valence-electron chi connectivity index (χ3n) is 4.98. The van der Waals surface area contributed by atoms with E-state index < -0.39 is 24.4 Å². The molecule has 0 radical (unpaired) electrons. The highest BCUT2D eigenvalue weighted by Gasteiger charge is 2.36. The van der Waals surface area contributed by atoms with Gasteiger partial charge in [-0.05, 0) is 38.5 Å². The number of likely N-dealkylation sites (tertiary alicyclic amines) is 1. The number of hydrogen-bond acceptors (Lipinski definition) is 5. The van der Waals surface area contributed by atoms with Gasteiger partial charge in [-0.3, -0.25) is 19.2 Å². The maximum atomic E-state index is 12.2. The van der Waals surface area contributed by atoms with E-state index in [0.29, 0.717) is 25.2 Å². The highest BCUT2D eigenvalue weighted by atomic mass is 16.5. The second kappa shape index (κ2) is 8.41. The van der Waals surface area contributed by atoms with Gasteiger partial charge in [-0.1, -0.05) is 6.07 Å². The number of anilines is 2. The van der Waals surface area contributed by atoms with Crippen LogP contribution in [0.3, 0.4) is 0 Å². The van der Waals surface area contributed by atoms with Crippen molar-refractivity contribution in [3.8, 4) is 0 Å². The third-order valence-corrected chi connectivity index (χ3v) is 4.98. The summed E-state index contributed by atoms with van der Waals surface area (Å²) in [4.78, 5) is 51.3. The maximum absolute atomic E-state index is 12.2. The lowest BCUT2D eigenvalue weighted by atomic mass is 10.1. The summed E-state index contributed by atoms with van der Waals surface area (Å²) in [6.45, 7) is 4.36. The van der Waals surface area contributed by atoms with Crippen molar-refractivity contribution >= 4 is 35.1 Å². The molecule has 3 amide bonds. The van der Waals surface area contributed by atoms with Gasteiger partial charge in [-0.2, -0.15) is 0 Å². The van der Waals surface area contributed by atoms with E-state index in [0.717, 1.165) is 12.1 Å². The minimum atomic E-state index is -0.539. The first-order valence-corrected chi connectivity index (χ1v) is 9.51. The first-order valence-electron chi connectivity index (χ1n) is 9.51. The van der Waals surface area contributed by atoms with Crippen LogP contribution in [0.25, 0.3) is 0 Å². The number of nitrogens with one attached hydrogen (secondary N) is 1. The van der Waals surface area contributed by atoms with E-state index in [-0.39, 0.29) is 24.3 Å². The molecule has 28 heavy (non-hydrogen) atoms. The zero-order valence-electron chi connectivity index (χ0n) is 16.1. The molecule has 1 N–H and O–H groups in total. The Kier molecular flexibility index (Phi) is 5.96. The van der Waals surface area contributed by atoms with Gasteiger partial charge in [0.25, 0.3) is 5.91 Å². The fourth-order valence-corrected chi connectivity index (χ4v) is 3.51. The fourth-order valence-electron chi connectivity index (χ4n) is 3.51. The van der Waals surface area contributed by atoms with Crippen LogP contribution in [-0.4, -0.2) is 54.3 Å². The molecule has 1 aromatic carbocycles. The molecule has 1 unspecified atom stereocenters. The molecule has 3 rings (SSSR count). The fraction of sp³-hybridized carbons (Fsp3) is 0.500. The molecule has 0 bridgehead atoms. The molecule has 1 atom stereocenters. The number of carbonyl (C=O) groups is 4. The lowest BCUT2D eigenvalue weighted by molar-refractivity contribution is -0.151. The number of benzene rings is 1. The molecule has 0 saturated carbocycles. The minimum Gasteiger partial charge on any atom is -0.455 e. The van der Waals surface area contributed by atoms with Crippen LogP contribution in [0.1, 0.15) is 33.1 Å². The molecule has 0 spiro atoms. The Morgan fingerprint density at radius 3 is 2.68 bits per heavy atom. The maximum Gasteiger partial charge on any atom is 0.311 e. The van der Waals surface area contributed by atoms with Crippen LogP contribution < -0.4 is 10.2 Å². The van der Waals surface area contributed by atoms with Crippen molar-refractivity contribution in [2.75, 3.05) is 29.9 Å². The van der Waals surface area contributed by atoms with Gasteiger partial charge in [-0.15, -0.1) is 0 Å². The van der Waals surface area contributed by atoms with E-state index in [1.807, 2.05) is 19.9 Å². The number of rotatable bonds is 6. The lowest BCUT2D eigenvalue weighted by Gasteiger charge is -2.20. The van der Waals surface area contributed by atoms with E-state index in [4.69, 9.17) is 4.74 Å². The second-order valence-corrected chi connectivity index (χ2v) is 7.40. The summed E-state index contributed by atoms with van der Waals surface area (Å²) >= 11 is 0. The predicted molar refractivity (Wildman–Crippen MR) is 103 cm³/mol. The predicted octanol–water partition coefficient (Wildman–Crippen LogP) is 1.55. The lowest BCUT2D eigenvalue weighted by Crippen LogP contribution is -2.33. The van der Waals surface area contributed by atoms with E-state index in [9.17, 15) is 19.2 Å². The number of hydrogen-bond donors (Lipinski definition) is 1. The largest absolute Gasteiger partial charge is 0.455 e. The van der Waals surface area contributed by atoms with Crippen LogP contribution in [0, 0.1) is 5.92 Å². The van der Waals surface area contributed by atoms with Crippen LogP contribution in [-0.2, 0) is 23.9 Å². The number of nitrogens with zero attached hydrogens (tertiary/aromatic N) is 2. The number of ether oxygens (including phenoxy) is 1. The van der Waals surface area contributed by atoms with Gasteiger partial charge >= 0.3 is 5.97 Å². The van der Waals surface area contributed by atoms with Crippen molar-refractivity contribution < 1.29 is 23.9 Å². The summed E-state index contributed by atoms with van der Waals surface area (Å²) in [5.74, 6) is -1.55. The summed E-state index contributed by atoms with van der Waals surface area (Å²) in [5.41, 5.74) is 1.26. The van der Waals surface area contributed by atoms with E-state index in [2.05, 4.69) is 5.32 Å². The highest BCUT2D eigenvalue weighted by Crippen LogP contribution is 2.24. The first-order chi connectivity index (χ1) is 13.3. The molecule has 150 valence electrons. The molecule has 8 nitrogen and oxygen atoms in total. The quantitative estimate of drug-likeness (QED) is 0.747. The molecule has 8 heteroatoms. The van der Waals surface area contributed by atoms with E-state index in [1.165, 1.54) is 0 Å². The van der Waals surface area contributed by atoms with Gasteiger partial charge in [0.05, 0.1) is 5.92 Å². The normalized spacial score (nSPS) is 19.5. The Morgan fingerprint density at radius 2 is 2.04 bits per heavy atom. The molecule has 0 aromatic heterocycles. The third kappa shape index (κ3) is 4.49. The Balaban J connectivity index is 1.50. The van der Waals surface area contributed by atoms with Gasteiger partial charge in [0, 0.05) is 43.3 Å². The van der Waals surface area contributed by atoms with Crippen molar-refractivity contribution in [2.45, 2.75) is 39.2 Å². The van der Waals surface area contributed by atoms with Crippen LogP contribution in [0.5, 0.6) is 0 Å². The first kappa shape index (κ1) is 19.9. The van der Waals surface area contributed by atoms with Crippen molar-refractivity contribution in [1.29, 1.82) is 0 Å². The van der Waals surface area contributed by atoms with Gasteiger partial charge < -0.3 is 19.9 Å². The Labute approximate surface area is 163 Å². The standard InChI is InChI=1S/C20H25N3O5/c1-13(2)23-11-14(9-19(23)26)20(27)28-12-17(24)21-15-5-3-6-16(10-15)22-8-4-7-18(22)25/h3,5-6,10,13-14H,4,7-9,11-12H2,1-2H3,(H,21,24). The second-order valence-electron chi connectivity index (χ2n) is 7.40. The van der Waals surface area contributed by atoms with E-state index >= 15 is 0 Å². The zero-order valence-corrected chi connectivity index (χ0v) is 16.1. The molecule has 2 fully saturated rings. The summed E-state index contributed by atoms with van der Waals surface area (Å²) in [5, 5.41) is 2.67. The highest BCUT2D eigenvalue weighted by molar-refractivity contribution is 5.97. The molecule has 1 aromatic rings. The average Bonchev–Trinajstić information content (AvgIpc) is 3.25. The topological polar surface area (TPSA) is 96.0 Å². The van der Waals surface area contributed by atoms with Crippen LogP contribution in [0.15, 0.2) is 24.3 Å². The summed E-state index contributed by atoms with van der Waals surface area (Å²) < 4.78 is 5.09. The van der Waals surface area contributed by atoms with E-state index in [1.54, 1.807) is 28.0 Å². The smallest absolute Gasteiger partial charge is 0.311 e. The van der Waals surface area contributed by atoms with Crippen LogP contribution in [0.4, 0.5) is 11.4 Å². The Morgan fingerprint density at radius 1 is 1.25 bits per heavy atom. The summed E-state index contributed by atoms with van der Waals surface area (Å²) in [7, 11) is 0. The monoisotopic (exact) mass is 387 g/mol. The summed E-state index contributed by atoms with van der Waals surface area (Å²) in [6.07, 6.45) is 1.47. The average molecular weight is 387 g/mol. The zero-order chi connectivity index (χ0) is 20.3. The summed E-state index contributed by atoms with van der Waals surface area (Å²) in [6, 6.07) is 7.03. The van der Waals surface area contributed by atoms with Gasteiger partial charge in [-0.25, -0.2) is 0 Å². The number of carbonyl (C=O) groups excluding carboxylic acids is 4. The van der Waals surface area contributed by atoms with Crippen molar-refractivity contribution in [1.82, 2.24) is 4.90 Å². The van der Waals surface area contributed by atoms with Gasteiger partial charge in [0.1, 0.15) is 0 Å². The molecular weight excluding hydrogens is 362 g/mol. The van der Waals surface area contributed by atoms with Gasteiger partial charge in [0.15, 0.2) is 6.61 Å². The molecule has 2 aliphatic rings. The molecule has 2 aliphatic heterocycles. The minimum absolute atomic E-state index is 0.0309. The molecular formula is C20H25N3O5. The van der Waals surface area contributed by atoms with Crippen LogP contribution >= 0.6 is 0 Å². The molecule has 0 aliphatic carbocycles. The Bertz CT molecular complexity index is 792. The Hall–Kier alpha value is -2.90.